The highest BCUT2D eigenvalue weighted by atomic mass is 32.2. The summed E-state index contributed by atoms with van der Waals surface area (Å²) in [5, 5.41) is 2.25. The molecule has 9 heteroatoms. The molecule has 320 valence electrons. The molecule has 0 radical (unpaired) electrons. The van der Waals surface area contributed by atoms with Gasteiger partial charge in [-0.05, 0) is 112 Å². The zero-order chi connectivity index (χ0) is 44.9. The summed E-state index contributed by atoms with van der Waals surface area (Å²) >= 11 is 1.87. The lowest BCUT2D eigenvalue weighted by Gasteiger charge is -2.49. The molecule has 0 bridgehead atoms. The summed E-state index contributed by atoms with van der Waals surface area (Å²) in [4.78, 5) is 9.59. The van der Waals surface area contributed by atoms with Gasteiger partial charge in [0.2, 0.25) is 0 Å². The van der Waals surface area contributed by atoms with Gasteiger partial charge in [0.05, 0.1) is 11.4 Å². The van der Waals surface area contributed by atoms with Crippen molar-refractivity contribution in [1.82, 2.24) is 0 Å². The van der Waals surface area contributed by atoms with Crippen LogP contribution < -0.4 is 57.0 Å². The van der Waals surface area contributed by atoms with E-state index in [2.05, 4.69) is 227 Å². The number of benzene rings is 10. The smallest absolute Gasteiger partial charge is 0.261 e. The SMILES string of the molecule is c1ccc(N(c2ccccc2)c2ccc3c(c2)Oc2cc4c5c6c2B3c2cccc3c2N6c2c(cc6c(oc7ccccc76)c2B5c2ccc(N(c5ccccc5)c5ccccc5)cc2O4)S3)cc1. The molecule has 0 amide bonds. The third-order valence-corrected chi connectivity index (χ3v) is 15.8. The van der Waals surface area contributed by atoms with E-state index < -0.39 is 0 Å². The fraction of sp³-hybridized carbons (Fsp3) is 0. The minimum atomic E-state index is -0.198. The highest BCUT2D eigenvalue weighted by Crippen LogP contribution is 2.56. The summed E-state index contributed by atoms with van der Waals surface area (Å²) in [7, 11) is 0. The van der Waals surface area contributed by atoms with E-state index in [1.807, 2.05) is 11.8 Å². The van der Waals surface area contributed by atoms with Crippen LogP contribution in [-0.4, -0.2) is 13.4 Å². The Hall–Kier alpha value is -8.52. The fourth-order valence-electron chi connectivity index (χ4n) is 11.9. The second-order valence-electron chi connectivity index (χ2n) is 18.3. The maximum Gasteiger partial charge on any atom is 0.261 e. The lowest BCUT2D eigenvalue weighted by Crippen LogP contribution is -2.67. The number of furan rings is 1. The van der Waals surface area contributed by atoms with Gasteiger partial charge < -0.3 is 28.6 Å². The Kier molecular flexibility index (Phi) is 7.63. The van der Waals surface area contributed by atoms with Crippen molar-refractivity contribution >= 4 is 131 Å². The third-order valence-electron chi connectivity index (χ3n) is 14.7. The molecule has 10 aromatic carbocycles. The minimum Gasteiger partial charge on any atom is -0.458 e. The Bertz CT molecular complexity index is 3900. The van der Waals surface area contributed by atoms with Crippen molar-refractivity contribution in [2.45, 2.75) is 9.79 Å². The van der Waals surface area contributed by atoms with E-state index in [1.165, 1.54) is 37.6 Å². The van der Waals surface area contributed by atoms with Crippen LogP contribution in [0, 0.1) is 0 Å². The largest absolute Gasteiger partial charge is 0.458 e. The summed E-state index contributed by atoms with van der Waals surface area (Å²) in [6, 6.07) is 75.6. The van der Waals surface area contributed by atoms with E-state index in [4.69, 9.17) is 13.9 Å². The van der Waals surface area contributed by atoms with Crippen molar-refractivity contribution in [3.05, 3.63) is 212 Å². The van der Waals surface area contributed by atoms with E-state index in [1.54, 1.807) is 0 Å². The highest BCUT2D eigenvalue weighted by molar-refractivity contribution is 7.99. The molecule has 0 spiro atoms. The number of hydrogen-bond acceptors (Lipinski definition) is 7. The number of nitrogens with zero attached hydrogens (tertiary/aromatic N) is 3. The van der Waals surface area contributed by atoms with E-state index in [0.29, 0.717) is 0 Å². The van der Waals surface area contributed by atoms with Gasteiger partial charge >= 0.3 is 0 Å². The zero-order valence-corrected chi connectivity index (χ0v) is 37.7. The lowest BCUT2D eigenvalue weighted by atomic mass is 9.29. The topological polar surface area (TPSA) is 41.3 Å². The van der Waals surface area contributed by atoms with Crippen LogP contribution in [0.25, 0.3) is 21.9 Å². The van der Waals surface area contributed by atoms with Crippen molar-refractivity contribution in [2.24, 2.45) is 0 Å². The number of ether oxygens (including phenoxy) is 2. The number of rotatable bonds is 6. The summed E-state index contributed by atoms with van der Waals surface area (Å²) in [6.07, 6.45) is 0. The Labute approximate surface area is 402 Å². The molecule has 6 nitrogen and oxygen atoms in total. The first-order valence-electron chi connectivity index (χ1n) is 23.5. The highest BCUT2D eigenvalue weighted by Gasteiger charge is 2.54. The maximum absolute atomic E-state index is 7.37. The standard InChI is InChI=1S/C60H35B2N3O3S/c1-5-16-36(17-6-1)63(37-18-7-2-8-19-37)40-28-30-44-48(32-40)66-50-35-51-55-59-54(50)61(44)46-25-15-27-52-57(46)65(59)58-53(69-52)34-43-42-24-13-14-26-47(42)68-60(43)56(58)62(55)45-31-29-41(33-49(45)67-51)64(38-20-9-3-10-21-38)39-22-11-4-12-23-39/h1-35H. The van der Waals surface area contributed by atoms with Crippen molar-refractivity contribution in [3.8, 4) is 23.0 Å². The predicted octanol–water partition coefficient (Wildman–Crippen LogP) is 12.3. The third kappa shape index (κ3) is 5.20. The minimum absolute atomic E-state index is 0.0837. The zero-order valence-electron chi connectivity index (χ0n) is 36.8. The fourth-order valence-corrected chi connectivity index (χ4v) is 13.1. The first-order valence-corrected chi connectivity index (χ1v) is 24.3. The van der Waals surface area contributed by atoms with E-state index in [0.717, 1.165) is 101 Å². The summed E-state index contributed by atoms with van der Waals surface area (Å²) in [5.41, 5.74) is 18.6. The van der Waals surface area contributed by atoms with E-state index in [9.17, 15) is 0 Å². The number of anilines is 9. The molecule has 0 unspecified atom stereocenters. The molecule has 5 aliphatic heterocycles. The molecule has 0 N–H and O–H groups in total. The Morgan fingerprint density at radius 3 is 1.49 bits per heavy atom. The van der Waals surface area contributed by atoms with Gasteiger partial charge in [-0.1, -0.05) is 127 Å². The van der Waals surface area contributed by atoms with Crippen molar-refractivity contribution in [2.75, 3.05) is 14.7 Å². The molecule has 0 atom stereocenters. The van der Waals surface area contributed by atoms with Crippen molar-refractivity contribution < 1.29 is 13.9 Å². The van der Waals surface area contributed by atoms with Crippen LogP contribution in [0.2, 0.25) is 0 Å². The normalized spacial score (nSPS) is 13.6. The van der Waals surface area contributed by atoms with Crippen LogP contribution in [0.3, 0.4) is 0 Å². The molecule has 6 heterocycles. The van der Waals surface area contributed by atoms with Crippen LogP contribution >= 0.6 is 11.8 Å². The average Bonchev–Trinajstić information content (AvgIpc) is 3.78. The van der Waals surface area contributed by atoms with Crippen LogP contribution in [0.4, 0.5) is 51.2 Å². The molecule has 0 aliphatic carbocycles. The molecule has 16 rings (SSSR count). The Morgan fingerprint density at radius 1 is 0.362 bits per heavy atom. The van der Waals surface area contributed by atoms with Crippen LogP contribution in [0.1, 0.15) is 0 Å². The quantitative estimate of drug-likeness (QED) is 0.154. The summed E-state index contributed by atoms with van der Waals surface area (Å²) < 4.78 is 21.8. The predicted molar refractivity (Wildman–Crippen MR) is 284 cm³/mol. The molecule has 0 fully saturated rings. The molecule has 5 aliphatic rings. The number of hydrogen-bond donors (Lipinski definition) is 0. The van der Waals surface area contributed by atoms with Crippen LogP contribution in [0.15, 0.2) is 227 Å². The second-order valence-corrected chi connectivity index (χ2v) is 19.4. The van der Waals surface area contributed by atoms with Crippen LogP contribution in [0.5, 0.6) is 23.0 Å². The summed E-state index contributed by atoms with van der Waals surface area (Å²) in [5.74, 6) is 3.24. The Morgan fingerprint density at radius 2 is 0.899 bits per heavy atom. The molecular weight excluding hydrogens is 864 g/mol. The average molecular weight is 900 g/mol. The lowest BCUT2D eigenvalue weighted by molar-refractivity contribution is 0.466. The van der Waals surface area contributed by atoms with Gasteiger partial charge in [-0.3, -0.25) is 0 Å². The molecule has 1 aromatic heterocycles. The Balaban J connectivity index is 0.956. The van der Waals surface area contributed by atoms with Crippen LogP contribution in [-0.2, 0) is 0 Å². The first kappa shape index (κ1) is 37.6. The molecular formula is C60H35B2N3O3S. The number of para-hydroxylation sites is 6. The van der Waals surface area contributed by atoms with Crippen molar-refractivity contribution in [1.29, 1.82) is 0 Å². The van der Waals surface area contributed by atoms with Gasteiger partial charge in [-0.2, -0.15) is 0 Å². The molecule has 0 saturated heterocycles. The monoisotopic (exact) mass is 899 g/mol. The van der Waals surface area contributed by atoms with E-state index >= 15 is 0 Å². The second kappa shape index (κ2) is 14.0. The van der Waals surface area contributed by atoms with Gasteiger partial charge in [-0.25, -0.2) is 0 Å². The van der Waals surface area contributed by atoms with Gasteiger partial charge in [-0.15, -0.1) is 0 Å². The maximum atomic E-state index is 7.37. The summed E-state index contributed by atoms with van der Waals surface area (Å²) in [6.45, 7) is -0.282. The van der Waals surface area contributed by atoms with E-state index in [-0.39, 0.29) is 13.4 Å². The van der Waals surface area contributed by atoms with Gasteiger partial charge in [0.25, 0.3) is 13.4 Å². The van der Waals surface area contributed by atoms with Gasteiger partial charge in [0.1, 0.15) is 34.2 Å². The first-order chi connectivity index (χ1) is 34.2. The molecule has 0 saturated carbocycles. The van der Waals surface area contributed by atoms with Crippen molar-refractivity contribution in [3.63, 3.8) is 0 Å². The molecule has 69 heavy (non-hydrogen) atoms. The molecule has 11 aromatic rings. The number of fused-ring (bicyclic) bond motifs is 10. The van der Waals surface area contributed by atoms with Gasteiger partial charge in [0, 0.05) is 78.6 Å². The van der Waals surface area contributed by atoms with Gasteiger partial charge in [0.15, 0.2) is 0 Å².